The summed E-state index contributed by atoms with van der Waals surface area (Å²) in [5.41, 5.74) is 0.822. The molecule has 0 N–H and O–H groups in total. The summed E-state index contributed by atoms with van der Waals surface area (Å²) < 4.78 is 7.15. The lowest BCUT2D eigenvalue weighted by Crippen LogP contribution is -2.34. The molecule has 2 aliphatic rings. The molecule has 1 saturated heterocycles. The molecule has 7 heteroatoms. The molecule has 2 fully saturated rings. The van der Waals surface area contributed by atoms with E-state index in [1.807, 2.05) is 12.1 Å². The second kappa shape index (κ2) is 9.43. The predicted octanol–water partition coefficient (Wildman–Crippen LogP) is 6.39. The van der Waals surface area contributed by atoms with Crippen molar-refractivity contribution in [3.63, 3.8) is 0 Å². The Balaban J connectivity index is 1.76. The topological polar surface area (TPSA) is 46.6 Å². The Bertz CT molecular complexity index is 764. The average molecular weight is 515 g/mol. The van der Waals surface area contributed by atoms with Gasteiger partial charge in [-0.05, 0) is 86.2 Å². The molecule has 1 aromatic carbocycles. The van der Waals surface area contributed by atoms with Crippen molar-refractivity contribution in [2.24, 2.45) is 5.92 Å². The van der Waals surface area contributed by atoms with Gasteiger partial charge >= 0.3 is 0 Å². The molecule has 0 bridgehead atoms. The number of carbonyl (C=O) groups is 2. The molecule has 144 valence electrons. The molecule has 1 saturated carbocycles. The van der Waals surface area contributed by atoms with Crippen LogP contribution in [-0.2, 0) is 4.79 Å². The van der Waals surface area contributed by atoms with Crippen LogP contribution in [0.15, 0.2) is 38.6 Å². The van der Waals surface area contributed by atoms with Crippen molar-refractivity contribution in [3.05, 3.63) is 44.2 Å². The molecular weight excluding hydrogens is 494 g/mol. The first-order valence-electron chi connectivity index (χ1n) is 8.97. The van der Waals surface area contributed by atoms with Gasteiger partial charge in [-0.15, -0.1) is 0 Å². The van der Waals surface area contributed by atoms with Crippen LogP contribution in [0.1, 0.15) is 37.7 Å². The zero-order valence-corrected chi connectivity index (χ0v) is 18.9. The number of nitrogens with zero attached hydrogens (tertiary/aromatic N) is 1. The average Bonchev–Trinajstić information content (AvgIpc) is 2.89. The van der Waals surface area contributed by atoms with E-state index in [0.717, 1.165) is 39.1 Å². The molecule has 3 rings (SSSR count). The standard InChI is InChI=1S/C20H21Br2NO3S/c1-2-8-26-18-15(21)9-14(10-16(18)22)11-17-19(24)23(20(25)27-17)12-13-6-4-3-5-7-13/h2,9-11,13H,1,3-8,12H2/b17-11-. The van der Waals surface area contributed by atoms with E-state index in [-0.39, 0.29) is 11.1 Å². The van der Waals surface area contributed by atoms with Crippen LogP contribution < -0.4 is 4.74 Å². The van der Waals surface area contributed by atoms with E-state index in [4.69, 9.17) is 4.74 Å². The van der Waals surface area contributed by atoms with Crippen LogP contribution in [0.4, 0.5) is 4.79 Å². The van der Waals surface area contributed by atoms with Crippen molar-refractivity contribution in [1.82, 2.24) is 4.90 Å². The lowest BCUT2D eigenvalue weighted by atomic mass is 9.89. The summed E-state index contributed by atoms with van der Waals surface area (Å²) in [7, 11) is 0. The molecule has 0 unspecified atom stereocenters. The van der Waals surface area contributed by atoms with E-state index in [1.54, 1.807) is 12.2 Å². The van der Waals surface area contributed by atoms with Crippen molar-refractivity contribution in [2.45, 2.75) is 32.1 Å². The first kappa shape index (κ1) is 20.7. The number of carbonyl (C=O) groups excluding carboxylic acids is 2. The van der Waals surface area contributed by atoms with E-state index in [9.17, 15) is 9.59 Å². The summed E-state index contributed by atoms with van der Waals surface area (Å²) in [4.78, 5) is 27.0. The highest BCUT2D eigenvalue weighted by Crippen LogP contribution is 2.38. The van der Waals surface area contributed by atoms with Crippen molar-refractivity contribution in [2.75, 3.05) is 13.2 Å². The normalized spacial score (nSPS) is 19.8. The number of hydrogen-bond donors (Lipinski definition) is 0. The van der Waals surface area contributed by atoms with Gasteiger partial charge in [0.2, 0.25) is 0 Å². The van der Waals surface area contributed by atoms with Crippen LogP contribution in [-0.4, -0.2) is 29.2 Å². The van der Waals surface area contributed by atoms with E-state index in [0.29, 0.717) is 29.7 Å². The summed E-state index contributed by atoms with van der Waals surface area (Å²) in [5.74, 6) is 0.934. The van der Waals surface area contributed by atoms with Gasteiger partial charge in [0.15, 0.2) is 0 Å². The number of benzene rings is 1. The Morgan fingerprint density at radius 1 is 1.19 bits per heavy atom. The fraction of sp³-hybridized carbons (Fsp3) is 0.400. The van der Waals surface area contributed by atoms with Crippen LogP contribution in [0.3, 0.4) is 0 Å². The summed E-state index contributed by atoms with van der Waals surface area (Å²) in [6.07, 6.45) is 9.29. The Kier molecular flexibility index (Phi) is 7.22. The molecule has 0 radical (unpaired) electrons. The lowest BCUT2D eigenvalue weighted by molar-refractivity contribution is -0.123. The minimum Gasteiger partial charge on any atom is -0.487 e. The van der Waals surface area contributed by atoms with Gasteiger partial charge < -0.3 is 4.74 Å². The van der Waals surface area contributed by atoms with E-state index in [1.165, 1.54) is 24.2 Å². The SMILES string of the molecule is C=CCOc1c(Br)cc(/C=C2\SC(=O)N(CC3CCCCC3)C2=O)cc1Br. The van der Waals surface area contributed by atoms with Gasteiger partial charge in [0, 0.05) is 6.54 Å². The van der Waals surface area contributed by atoms with Gasteiger partial charge in [0.1, 0.15) is 12.4 Å². The summed E-state index contributed by atoms with van der Waals surface area (Å²) in [6.45, 7) is 4.59. The second-order valence-corrected chi connectivity index (χ2v) is 9.41. The second-order valence-electron chi connectivity index (χ2n) is 6.71. The van der Waals surface area contributed by atoms with E-state index >= 15 is 0 Å². The molecule has 1 aliphatic heterocycles. The number of amides is 2. The third kappa shape index (κ3) is 5.06. The van der Waals surface area contributed by atoms with Crippen LogP contribution in [0.25, 0.3) is 6.08 Å². The molecule has 0 atom stereocenters. The highest BCUT2D eigenvalue weighted by molar-refractivity contribution is 9.11. The maximum atomic E-state index is 12.7. The fourth-order valence-corrected chi connectivity index (χ4v) is 5.68. The Morgan fingerprint density at radius 2 is 1.85 bits per heavy atom. The van der Waals surface area contributed by atoms with E-state index in [2.05, 4.69) is 38.4 Å². The van der Waals surface area contributed by atoms with Crippen LogP contribution in [0, 0.1) is 5.92 Å². The summed E-state index contributed by atoms with van der Waals surface area (Å²) in [5, 5.41) is -0.166. The summed E-state index contributed by atoms with van der Waals surface area (Å²) in [6, 6.07) is 3.75. The Labute approximate surface area is 180 Å². The Hall–Kier alpha value is -1.05. The third-order valence-corrected chi connectivity index (χ3v) is 6.79. The van der Waals surface area contributed by atoms with Crippen LogP contribution in [0.5, 0.6) is 5.75 Å². The van der Waals surface area contributed by atoms with Gasteiger partial charge in [0.25, 0.3) is 11.1 Å². The minimum absolute atomic E-state index is 0.166. The third-order valence-electron chi connectivity index (χ3n) is 4.70. The number of ether oxygens (including phenoxy) is 1. The Morgan fingerprint density at radius 3 is 2.48 bits per heavy atom. The molecular formula is C20H21Br2NO3S. The zero-order valence-electron chi connectivity index (χ0n) is 14.9. The molecule has 0 spiro atoms. The van der Waals surface area contributed by atoms with Crippen LogP contribution in [0.2, 0.25) is 0 Å². The predicted molar refractivity (Wildman–Crippen MR) is 117 cm³/mol. The summed E-state index contributed by atoms with van der Waals surface area (Å²) >= 11 is 8.01. The molecule has 1 aliphatic carbocycles. The number of halogens is 2. The largest absolute Gasteiger partial charge is 0.487 e. The number of hydrogen-bond acceptors (Lipinski definition) is 4. The molecule has 0 aromatic heterocycles. The number of thioether (sulfide) groups is 1. The monoisotopic (exact) mass is 513 g/mol. The minimum atomic E-state index is -0.185. The van der Waals surface area contributed by atoms with Gasteiger partial charge in [-0.3, -0.25) is 14.5 Å². The first-order chi connectivity index (χ1) is 13.0. The first-order valence-corrected chi connectivity index (χ1v) is 11.4. The lowest BCUT2D eigenvalue weighted by Gasteiger charge is -2.25. The number of imide groups is 1. The number of rotatable bonds is 6. The van der Waals surface area contributed by atoms with Crippen molar-refractivity contribution in [1.29, 1.82) is 0 Å². The highest BCUT2D eigenvalue weighted by Gasteiger charge is 2.36. The van der Waals surface area contributed by atoms with E-state index < -0.39 is 0 Å². The smallest absolute Gasteiger partial charge is 0.293 e. The molecule has 4 nitrogen and oxygen atoms in total. The maximum absolute atomic E-state index is 12.7. The van der Waals surface area contributed by atoms with Crippen LogP contribution >= 0.6 is 43.6 Å². The van der Waals surface area contributed by atoms with Gasteiger partial charge in [-0.1, -0.05) is 31.9 Å². The molecule has 1 heterocycles. The molecule has 27 heavy (non-hydrogen) atoms. The van der Waals surface area contributed by atoms with Gasteiger partial charge in [-0.25, -0.2) is 0 Å². The maximum Gasteiger partial charge on any atom is 0.293 e. The fourth-order valence-electron chi connectivity index (χ4n) is 3.38. The highest BCUT2D eigenvalue weighted by atomic mass is 79.9. The van der Waals surface area contributed by atoms with Crippen molar-refractivity contribution < 1.29 is 14.3 Å². The molecule has 2 amide bonds. The zero-order chi connectivity index (χ0) is 19.4. The van der Waals surface area contributed by atoms with Crippen molar-refractivity contribution >= 4 is 60.8 Å². The molecule has 1 aromatic rings. The quantitative estimate of drug-likeness (QED) is 0.326. The van der Waals surface area contributed by atoms with Crippen molar-refractivity contribution in [3.8, 4) is 5.75 Å². The van der Waals surface area contributed by atoms with Gasteiger partial charge in [-0.2, -0.15) is 0 Å². The van der Waals surface area contributed by atoms with Gasteiger partial charge in [0.05, 0.1) is 13.9 Å².